The van der Waals surface area contributed by atoms with Gasteiger partial charge in [0, 0.05) is 29.7 Å². The molecule has 0 saturated heterocycles. The van der Waals surface area contributed by atoms with E-state index >= 15 is 0 Å². The van der Waals surface area contributed by atoms with E-state index in [2.05, 4.69) is 49.7 Å². The number of hydrogen-bond donors (Lipinski definition) is 0. The van der Waals surface area contributed by atoms with Gasteiger partial charge in [-0.3, -0.25) is 0 Å². The summed E-state index contributed by atoms with van der Waals surface area (Å²) in [5.74, 6) is 1.53. The SMILES string of the molecule is COc1cc2ccn(CC(C)(C)N(C)C)c2cc1OC. The summed E-state index contributed by atoms with van der Waals surface area (Å²) in [6, 6.07) is 6.18. The van der Waals surface area contributed by atoms with Crippen LogP contribution in [0.15, 0.2) is 24.4 Å². The van der Waals surface area contributed by atoms with E-state index in [1.807, 2.05) is 12.1 Å². The highest BCUT2D eigenvalue weighted by molar-refractivity contribution is 5.84. The molecular formula is C16H24N2O2. The van der Waals surface area contributed by atoms with Gasteiger partial charge >= 0.3 is 0 Å². The summed E-state index contributed by atoms with van der Waals surface area (Å²) in [6.07, 6.45) is 2.12. The topological polar surface area (TPSA) is 26.6 Å². The van der Waals surface area contributed by atoms with Crippen molar-refractivity contribution in [3.63, 3.8) is 0 Å². The molecule has 0 atom stereocenters. The van der Waals surface area contributed by atoms with Crippen molar-refractivity contribution in [3.8, 4) is 11.5 Å². The predicted molar refractivity (Wildman–Crippen MR) is 82.8 cm³/mol. The number of hydrogen-bond acceptors (Lipinski definition) is 3. The molecular weight excluding hydrogens is 252 g/mol. The second-order valence-electron chi connectivity index (χ2n) is 5.92. The number of rotatable bonds is 5. The van der Waals surface area contributed by atoms with E-state index in [-0.39, 0.29) is 5.54 Å². The van der Waals surface area contributed by atoms with Crippen molar-refractivity contribution in [2.45, 2.75) is 25.9 Å². The second kappa shape index (κ2) is 5.37. The Morgan fingerprint density at radius 3 is 2.25 bits per heavy atom. The van der Waals surface area contributed by atoms with E-state index in [4.69, 9.17) is 9.47 Å². The first-order valence-electron chi connectivity index (χ1n) is 6.77. The number of methoxy groups -OCH3 is 2. The van der Waals surface area contributed by atoms with Gasteiger partial charge in [-0.25, -0.2) is 0 Å². The zero-order valence-electron chi connectivity index (χ0n) is 13.2. The summed E-state index contributed by atoms with van der Waals surface area (Å²) in [6.45, 7) is 5.39. The Morgan fingerprint density at radius 1 is 1.10 bits per heavy atom. The standard InChI is InChI=1S/C16H24N2O2/c1-16(2,17(3)4)11-18-8-7-12-9-14(19-5)15(20-6)10-13(12)18/h7-10H,11H2,1-6H3. The molecule has 4 nitrogen and oxygen atoms in total. The van der Waals surface area contributed by atoms with Gasteiger partial charge < -0.3 is 18.9 Å². The van der Waals surface area contributed by atoms with E-state index < -0.39 is 0 Å². The van der Waals surface area contributed by atoms with Crippen LogP contribution in [0.3, 0.4) is 0 Å². The highest BCUT2D eigenvalue weighted by Gasteiger charge is 2.22. The van der Waals surface area contributed by atoms with Gasteiger partial charge in [0.05, 0.1) is 19.7 Å². The minimum atomic E-state index is 0.0825. The fraction of sp³-hybridized carbons (Fsp3) is 0.500. The molecule has 0 spiro atoms. The molecule has 0 bridgehead atoms. The number of benzene rings is 1. The first-order valence-corrected chi connectivity index (χ1v) is 6.77. The van der Waals surface area contributed by atoms with Gasteiger partial charge in [-0.2, -0.15) is 0 Å². The monoisotopic (exact) mass is 276 g/mol. The van der Waals surface area contributed by atoms with Crippen LogP contribution in [-0.4, -0.2) is 43.3 Å². The predicted octanol–water partition coefficient (Wildman–Crippen LogP) is 3.00. The molecule has 110 valence electrons. The van der Waals surface area contributed by atoms with E-state index in [0.717, 1.165) is 28.9 Å². The quantitative estimate of drug-likeness (QED) is 0.840. The molecule has 0 aliphatic rings. The smallest absolute Gasteiger partial charge is 0.162 e. The zero-order valence-corrected chi connectivity index (χ0v) is 13.2. The molecule has 1 heterocycles. The van der Waals surface area contributed by atoms with E-state index in [0.29, 0.717) is 0 Å². The van der Waals surface area contributed by atoms with Crippen LogP contribution in [-0.2, 0) is 6.54 Å². The van der Waals surface area contributed by atoms with Crippen LogP contribution in [0.25, 0.3) is 10.9 Å². The van der Waals surface area contributed by atoms with Gasteiger partial charge in [0.2, 0.25) is 0 Å². The van der Waals surface area contributed by atoms with Crippen LogP contribution < -0.4 is 9.47 Å². The fourth-order valence-electron chi connectivity index (χ4n) is 2.21. The maximum atomic E-state index is 5.40. The summed E-state index contributed by atoms with van der Waals surface area (Å²) in [5, 5.41) is 1.16. The summed E-state index contributed by atoms with van der Waals surface area (Å²) < 4.78 is 13.0. The maximum Gasteiger partial charge on any atom is 0.162 e. The van der Waals surface area contributed by atoms with Crippen molar-refractivity contribution in [1.82, 2.24) is 9.47 Å². The average molecular weight is 276 g/mol. The van der Waals surface area contributed by atoms with Gasteiger partial charge in [0.25, 0.3) is 0 Å². The molecule has 0 amide bonds. The lowest BCUT2D eigenvalue weighted by Crippen LogP contribution is -2.41. The van der Waals surface area contributed by atoms with Crippen LogP contribution in [0.5, 0.6) is 11.5 Å². The molecule has 1 aromatic carbocycles. The number of fused-ring (bicyclic) bond motifs is 1. The summed E-state index contributed by atoms with van der Waals surface area (Å²) in [7, 11) is 7.54. The third kappa shape index (κ3) is 2.61. The van der Waals surface area contributed by atoms with E-state index in [1.54, 1.807) is 14.2 Å². The van der Waals surface area contributed by atoms with Crippen molar-refractivity contribution < 1.29 is 9.47 Å². The summed E-state index contributed by atoms with van der Waals surface area (Å²) in [5.41, 5.74) is 1.25. The zero-order chi connectivity index (χ0) is 14.9. The largest absolute Gasteiger partial charge is 0.493 e. The minimum absolute atomic E-state index is 0.0825. The maximum absolute atomic E-state index is 5.40. The summed E-state index contributed by atoms with van der Waals surface area (Å²) >= 11 is 0. The van der Waals surface area contributed by atoms with E-state index in [1.165, 1.54) is 0 Å². The Bertz CT molecular complexity index is 600. The lowest BCUT2D eigenvalue weighted by Gasteiger charge is -2.33. The normalized spacial score (nSPS) is 12.2. The number of nitrogens with zero attached hydrogens (tertiary/aromatic N) is 2. The number of aromatic nitrogens is 1. The molecule has 1 aromatic heterocycles. The highest BCUT2D eigenvalue weighted by Crippen LogP contribution is 2.33. The molecule has 0 N–H and O–H groups in total. The minimum Gasteiger partial charge on any atom is -0.493 e. The molecule has 2 aromatic rings. The Kier molecular flexibility index (Phi) is 3.95. The van der Waals surface area contributed by atoms with Crippen LogP contribution in [0.2, 0.25) is 0 Å². The van der Waals surface area contributed by atoms with E-state index in [9.17, 15) is 0 Å². The van der Waals surface area contributed by atoms with Crippen molar-refractivity contribution in [2.75, 3.05) is 28.3 Å². The van der Waals surface area contributed by atoms with Crippen molar-refractivity contribution in [3.05, 3.63) is 24.4 Å². The molecule has 0 saturated carbocycles. The molecule has 0 fully saturated rings. The lowest BCUT2D eigenvalue weighted by molar-refractivity contribution is 0.171. The third-order valence-electron chi connectivity index (χ3n) is 4.04. The Morgan fingerprint density at radius 2 is 1.70 bits per heavy atom. The Balaban J connectivity index is 2.46. The number of ether oxygens (including phenoxy) is 2. The van der Waals surface area contributed by atoms with Crippen LogP contribution in [0, 0.1) is 0 Å². The first-order chi connectivity index (χ1) is 9.39. The first kappa shape index (κ1) is 14.7. The van der Waals surface area contributed by atoms with Gasteiger partial charge in [-0.15, -0.1) is 0 Å². The van der Waals surface area contributed by atoms with Crippen LogP contribution >= 0.6 is 0 Å². The fourth-order valence-corrected chi connectivity index (χ4v) is 2.21. The average Bonchev–Trinajstić information content (AvgIpc) is 2.78. The van der Waals surface area contributed by atoms with Gasteiger partial charge in [-0.05, 0) is 40.1 Å². The molecule has 2 rings (SSSR count). The molecule has 20 heavy (non-hydrogen) atoms. The van der Waals surface area contributed by atoms with Crippen molar-refractivity contribution in [2.24, 2.45) is 0 Å². The van der Waals surface area contributed by atoms with Crippen LogP contribution in [0.4, 0.5) is 0 Å². The molecule has 0 unspecified atom stereocenters. The van der Waals surface area contributed by atoms with Gasteiger partial charge in [0.15, 0.2) is 11.5 Å². The Hall–Kier alpha value is -1.68. The second-order valence-corrected chi connectivity index (χ2v) is 5.92. The lowest BCUT2D eigenvalue weighted by atomic mass is 10.0. The van der Waals surface area contributed by atoms with Gasteiger partial charge in [0.1, 0.15) is 0 Å². The third-order valence-corrected chi connectivity index (χ3v) is 4.04. The highest BCUT2D eigenvalue weighted by atomic mass is 16.5. The van der Waals surface area contributed by atoms with Crippen molar-refractivity contribution >= 4 is 10.9 Å². The molecule has 0 radical (unpaired) electrons. The number of likely N-dealkylation sites (N-methyl/N-ethyl adjacent to an activating group) is 1. The van der Waals surface area contributed by atoms with Crippen molar-refractivity contribution in [1.29, 1.82) is 0 Å². The molecule has 0 aliphatic carbocycles. The summed E-state index contributed by atoms with van der Waals surface area (Å²) in [4.78, 5) is 2.24. The molecule has 4 heteroatoms. The Labute approximate surface area is 120 Å². The van der Waals surface area contributed by atoms with Crippen LogP contribution in [0.1, 0.15) is 13.8 Å². The van der Waals surface area contributed by atoms with Gasteiger partial charge in [-0.1, -0.05) is 0 Å². The molecule has 0 aliphatic heterocycles.